The first-order valence-corrected chi connectivity index (χ1v) is 9.23. The minimum atomic E-state index is -3.57. The molecule has 2 aromatic rings. The molecule has 1 N–H and O–H groups in total. The first-order valence-electron chi connectivity index (χ1n) is 6.91. The van der Waals surface area contributed by atoms with E-state index in [1.165, 1.54) is 22.7 Å². The number of carbonyl (C=O) groups is 1. The molecule has 2 aliphatic rings. The number of ether oxygens (including phenoxy) is 2. The fourth-order valence-electron chi connectivity index (χ4n) is 2.62. The quantitative estimate of drug-likeness (QED) is 0.863. The van der Waals surface area contributed by atoms with Gasteiger partial charge >= 0.3 is 0 Å². The van der Waals surface area contributed by atoms with Gasteiger partial charge in [0.25, 0.3) is 0 Å². The van der Waals surface area contributed by atoms with E-state index in [0.717, 1.165) is 4.70 Å². The Balaban J connectivity index is 1.60. The number of fused-ring (bicyclic) bond motifs is 2. The van der Waals surface area contributed by atoms with Crippen LogP contribution >= 0.6 is 11.3 Å². The maximum absolute atomic E-state index is 12.3. The van der Waals surface area contributed by atoms with Gasteiger partial charge in [0.05, 0.1) is 10.2 Å². The third kappa shape index (κ3) is 2.33. The van der Waals surface area contributed by atoms with Crippen LogP contribution in [0.3, 0.4) is 0 Å². The van der Waals surface area contributed by atoms with E-state index < -0.39 is 21.2 Å². The van der Waals surface area contributed by atoms with Gasteiger partial charge in [-0.2, -0.15) is 0 Å². The predicted molar refractivity (Wildman–Crippen MR) is 84.3 cm³/mol. The Morgan fingerprint density at radius 1 is 1.39 bits per heavy atom. The van der Waals surface area contributed by atoms with Crippen molar-refractivity contribution in [1.29, 1.82) is 0 Å². The molecule has 2 aliphatic heterocycles. The van der Waals surface area contributed by atoms with Gasteiger partial charge in [0.2, 0.25) is 22.7 Å². The molecule has 3 heterocycles. The highest BCUT2D eigenvalue weighted by Gasteiger charge is 2.41. The third-order valence-electron chi connectivity index (χ3n) is 3.91. The van der Waals surface area contributed by atoms with E-state index in [1.807, 2.05) is 0 Å². The molecular weight excluding hydrogens is 342 g/mol. The number of nitrogens with one attached hydrogen (secondary N) is 1. The number of rotatable bonds is 2. The number of carbonyl (C=O) groups excluding carboxylic acids is 1. The normalized spacial score (nSPS) is 22.6. The van der Waals surface area contributed by atoms with Crippen molar-refractivity contribution in [2.45, 2.75) is 11.7 Å². The van der Waals surface area contributed by atoms with Gasteiger partial charge in [-0.1, -0.05) is 11.3 Å². The molecule has 1 atom stereocenters. The zero-order chi connectivity index (χ0) is 16.2. The molecule has 1 unspecified atom stereocenters. The molecule has 0 bridgehead atoms. The minimum absolute atomic E-state index is 0.184. The van der Waals surface area contributed by atoms with Crippen LogP contribution in [0, 0.1) is 0 Å². The van der Waals surface area contributed by atoms with E-state index in [1.54, 1.807) is 12.1 Å². The Bertz CT molecular complexity index is 867. The lowest BCUT2D eigenvalue weighted by atomic mass is 10.3. The average Bonchev–Trinajstić information content (AvgIpc) is 3.14. The summed E-state index contributed by atoms with van der Waals surface area (Å²) < 4.78 is 36.7. The number of thiazole rings is 1. The van der Waals surface area contributed by atoms with E-state index in [4.69, 9.17) is 9.47 Å². The van der Waals surface area contributed by atoms with Crippen LogP contribution in [-0.2, 0) is 14.8 Å². The minimum Gasteiger partial charge on any atom is -0.454 e. The topological polar surface area (TPSA) is 97.8 Å². The number of benzene rings is 1. The second-order valence-corrected chi connectivity index (χ2v) is 8.58. The predicted octanol–water partition coefficient (Wildman–Crippen LogP) is 0.997. The van der Waals surface area contributed by atoms with Gasteiger partial charge < -0.3 is 14.8 Å². The number of sulfonamides is 1. The van der Waals surface area contributed by atoms with Crippen molar-refractivity contribution in [1.82, 2.24) is 9.29 Å². The molecule has 8 nitrogen and oxygen atoms in total. The molecule has 122 valence electrons. The van der Waals surface area contributed by atoms with E-state index >= 15 is 0 Å². The standard InChI is InChI=1S/C13H13N3O5S2/c1-16-3-2-11(23(16,18)19)12(17)15-13-14-7-4-8-9(21-6-20-8)5-10(7)22-13/h4-5,11H,2-3,6H2,1H3,(H,14,15,17). The number of hydrogen-bond donors (Lipinski definition) is 1. The molecule has 23 heavy (non-hydrogen) atoms. The summed E-state index contributed by atoms with van der Waals surface area (Å²) in [5.41, 5.74) is 0.668. The SMILES string of the molecule is CN1CCC(C(=O)Nc2nc3cc4c(cc3s2)OCO4)S1(=O)=O. The summed E-state index contributed by atoms with van der Waals surface area (Å²) in [4.78, 5) is 16.6. The molecule has 10 heteroatoms. The summed E-state index contributed by atoms with van der Waals surface area (Å²) in [6.45, 7) is 0.533. The molecule has 1 fully saturated rings. The Morgan fingerprint density at radius 2 is 2.13 bits per heavy atom. The first kappa shape index (κ1) is 14.7. The summed E-state index contributed by atoms with van der Waals surface area (Å²) in [6, 6.07) is 3.54. The Labute approximate surface area is 136 Å². The monoisotopic (exact) mass is 355 g/mol. The van der Waals surface area contributed by atoms with Crippen molar-refractivity contribution in [2.24, 2.45) is 0 Å². The number of amides is 1. The van der Waals surface area contributed by atoms with Crippen LogP contribution in [0.15, 0.2) is 12.1 Å². The number of anilines is 1. The fourth-order valence-corrected chi connectivity index (χ4v) is 5.02. The third-order valence-corrected chi connectivity index (χ3v) is 7.06. The summed E-state index contributed by atoms with van der Waals surface area (Å²) in [6.07, 6.45) is 0.283. The summed E-state index contributed by atoms with van der Waals surface area (Å²) in [5, 5.41) is 1.91. The Hall–Kier alpha value is -1.91. The van der Waals surface area contributed by atoms with Gasteiger partial charge in [0.15, 0.2) is 21.9 Å². The molecule has 0 saturated carbocycles. The van der Waals surface area contributed by atoms with Crippen molar-refractivity contribution in [3.05, 3.63) is 12.1 Å². The van der Waals surface area contributed by atoms with Gasteiger partial charge in [-0.25, -0.2) is 17.7 Å². The molecule has 1 amide bonds. The highest BCUT2D eigenvalue weighted by molar-refractivity contribution is 7.90. The average molecular weight is 355 g/mol. The largest absolute Gasteiger partial charge is 0.454 e. The first-order chi connectivity index (χ1) is 10.9. The van der Waals surface area contributed by atoms with E-state index in [-0.39, 0.29) is 13.2 Å². The van der Waals surface area contributed by atoms with Crippen LogP contribution in [-0.4, -0.2) is 49.2 Å². The molecule has 1 aromatic carbocycles. The lowest BCUT2D eigenvalue weighted by Gasteiger charge is -2.11. The van der Waals surface area contributed by atoms with Crippen LogP contribution in [0.5, 0.6) is 11.5 Å². The molecule has 0 radical (unpaired) electrons. The van der Waals surface area contributed by atoms with Crippen LogP contribution < -0.4 is 14.8 Å². The van der Waals surface area contributed by atoms with Crippen molar-refractivity contribution < 1.29 is 22.7 Å². The Kier molecular flexibility index (Phi) is 3.22. The lowest BCUT2D eigenvalue weighted by Crippen LogP contribution is -2.35. The smallest absolute Gasteiger partial charge is 0.245 e. The van der Waals surface area contributed by atoms with E-state index in [0.29, 0.717) is 28.7 Å². The lowest BCUT2D eigenvalue weighted by molar-refractivity contribution is -0.115. The molecule has 1 aromatic heterocycles. The fraction of sp³-hybridized carbons (Fsp3) is 0.385. The van der Waals surface area contributed by atoms with Crippen LogP contribution in [0.4, 0.5) is 5.13 Å². The molecule has 0 aliphatic carbocycles. The van der Waals surface area contributed by atoms with Crippen molar-refractivity contribution in [3.63, 3.8) is 0 Å². The summed E-state index contributed by atoms with van der Waals surface area (Å²) in [5.74, 6) is 0.702. The van der Waals surface area contributed by atoms with Crippen LogP contribution in [0.2, 0.25) is 0 Å². The van der Waals surface area contributed by atoms with Crippen LogP contribution in [0.1, 0.15) is 6.42 Å². The number of nitrogens with zero attached hydrogens (tertiary/aromatic N) is 2. The molecular formula is C13H13N3O5S2. The Morgan fingerprint density at radius 3 is 2.83 bits per heavy atom. The van der Waals surface area contributed by atoms with Gasteiger partial charge in [-0.15, -0.1) is 0 Å². The van der Waals surface area contributed by atoms with Gasteiger partial charge in [0, 0.05) is 25.7 Å². The van der Waals surface area contributed by atoms with Crippen LogP contribution in [0.25, 0.3) is 10.2 Å². The zero-order valence-electron chi connectivity index (χ0n) is 12.1. The van der Waals surface area contributed by atoms with Crippen molar-refractivity contribution in [2.75, 3.05) is 25.7 Å². The van der Waals surface area contributed by atoms with Crippen molar-refractivity contribution in [3.8, 4) is 11.5 Å². The maximum atomic E-state index is 12.3. The zero-order valence-corrected chi connectivity index (χ0v) is 13.7. The molecule has 4 rings (SSSR count). The van der Waals surface area contributed by atoms with Crippen molar-refractivity contribution >= 4 is 42.6 Å². The highest BCUT2D eigenvalue weighted by atomic mass is 32.2. The molecule has 1 saturated heterocycles. The number of aromatic nitrogens is 1. The molecule has 0 spiro atoms. The number of hydrogen-bond acceptors (Lipinski definition) is 7. The summed E-state index contributed by atoms with van der Waals surface area (Å²) in [7, 11) is -2.09. The second kappa shape index (κ2) is 5.05. The van der Waals surface area contributed by atoms with Gasteiger partial charge in [-0.3, -0.25) is 4.79 Å². The second-order valence-electron chi connectivity index (χ2n) is 5.33. The summed E-state index contributed by atoms with van der Waals surface area (Å²) >= 11 is 1.26. The maximum Gasteiger partial charge on any atom is 0.245 e. The highest BCUT2D eigenvalue weighted by Crippen LogP contribution is 2.39. The van der Waals surface area contributed by atoms with E-state index in [2.05, 4.69) is 10.3 Å². The van der Waals surface area contributed by atoms with Gasteiger partial charge in [0.1, 0.15) is 0 Å². The van der Waals surface area contributed by atoms with Gasteiger partial charge in [-0.05, 0) is 6.42 Å². The van der Waals surface area contributed by atoms with E-state index in [9.17, 15) is 13.2 Å².